The van der Waals surface area contributed by atoms with Crippen molar-refractivity contribution in [2.24, 2.45) is 0 Å². The maximum atomic E-state index is 13.4. The number of amides is 1. The highest BCUT2D eigenvalue weighted by atomic mass is 35.5. The van der Waals surface area contributed by atoms with E-state index in [-0.39, 0.29) is 11.7 Å². The van der Waals surface area contributed by atoms with E-state index in [1.807, 2.05) is 0 Å². The number of nitrogen functional groups attached to an aromatic ring is 1. The van der Waals surface area contributed by atoms with E-state index in [2.05, 4.69) is 5.32 Å². The van der Waals surface area contributed by atoms with E-state index < -0.39 is 0 Å². The summed E-state index contributed by atoms with van der Waals surface area (Å²) >= 11 is 5.94. The molecule has 20 heavy (non-hydrogen) atoms. The second-order valence-corrected chi connectivity index (χ2v) is 4.74. The molecule has 1 amide bonds. The molecular formula is C15H14ClFN2O. The van der Waals surface area contributed by atoms with Crippen LogP contribution in [0.15, 0.2) is 42.5 Å². The molecule has 0 aliphatic carbocycles. The first kappa shape index (κ1) is 14.3. The zero-order valence-corrected chi connectivity index (χ0v) is 11.5. The first-order valence-electron chi connectivity index (χ1n) is 6.14. The molecule has 0 unspecified atom stereocenters. The predicted octanol–water partition coefficient (Wildman–Crippen LogP) is 3.03. The molecule has 0 radical (unpaired) electrons. The molecule has 0 spiro atoms. The minimum atomic E-state index is -0.300. The van der Waals surface area contributed by atoms with Gasteiger partial charge in [-0.1, -0.05) is 29.8 Å². The Morgan fingerprint density at radius 2 is 2.00 bits per heavy atom. The molecule has 2 aromatic rings. The molecule has 2 rings (SSSR count). The molecule has 0 heterocycles. The van der Waals surface area contributed by atoms with Crippen LogP contribution in [0.4, 0.5) is 10.1 Å². The average Bonchev–Trinajstić information content (AvgIpc) is 2.40. The van der Waals surface area contributed by atoms with Crippen molar-refractivity contribution in [3.8, 4) is 0 Å². The van der Waals surface area contributed by atoms with E-state index in [4.69, 9.17) is 17.3 Å². The normalized spacial score (nSPS) is 10.3. The van der Waals surface area contributed by atoms with Crippen molar-refractivity contribution in [2.75, 3.05) is 12.3 Å². The zero-order valence-electron chi connectivity index (χ0n) is 10.7. The topological polar surface area (TPSA) is 55.1 Å². The number of halogens is 2. The van der Waals surface area contributed by atoms with Gasteiger partial charge in [0.25, 0.3) is 5.91 Å². The fourth-order valence-corrected chi connectivity index (χ4v) is 2.10. The quantitative estimate of drug-likeness (QED) is 0.851. The fourth-order valence-electron chi connectivity index (χ4n) is 1.82. The van der Waals surface area contributed by atoms with Crippen LogP contribution in [0.3, 0.4) is 0 Å². The first-order valence-corrected chi connectivity index (χ1v) is 6.52. The Bertz CT molecular complexity index is 631. The highest BCUT2D eigenvalue weighted by molar-refractivity contribution is 6.34. The van der Waals surface area contributed by atoms with Crippen LogP contribution in [0.2, 0.25) is 5.02 Å². The van der Waals surface area contributed by atoms with Gasteiger partial charge in [0.05, 0.1) is 10.6 Å². The summed E-state index contributed by atoms with van der Waals surface area (Å²) in [6.07, 6.45) is 0.422. The number of nitrogens with one attached hydrogen (secondary N) is 1. The van der Waals surface area contributed by atoms with Crippen LogP contribution < -0.4 is 11.1 Å². The number of benzene rings is 2. The highest BCUT2D eigenvalue weighted by Crippen LogP contribution is 2.18. The third-order valence-corrected chi connectivity index (χ3v) is 3.19. The summed E-state index contributed by atoms with van der Waals surface area (Å²) in [5.41, 5.74) is 6.98. The maximum absolute atomic E-state index is 13.4. The zero-order chi connectivity index (χ0) is 14.5. The van der Waals surface area contributed by atoms with Crippen LogP contribution >= 0.6 is 11.6 Å². The van der Waals surface area contributed by atoms with Gasteiger partial charge in [-0.3, -0.25) is 4.79 Å². The lowest BCUT2D eigenvalue weighted by Gasteiger charge is -2.08. The van der Waals surface area contributed by atoms with Crippen LogP contribution in [0.1, 0.15) is 15.9 Å². The van der Waals surface area contributed by atoms with Crippen LogP contribution in [0.5, 0.6) is 0 Å². The Balaban J connectivity index is 1.94. The standard InChI is InChI=1S/C15H14ClFN2O/c16-13-9-11(18)5-6-12(13)15(20)19-8-7-10-3-1-2-4-14(10)17/h1-6,9H,7-8,18H2,(H,19,20). The van der Waals surface area contributed by atoms with Crippen molar-refractivity contribution < 1.29 is 9.18 Å². The minimum absolute atomic E-state index is 0.271. The molecule has 5 heteroatoms. The number of carbonyl (C=O) groups excluding carboxylic acids is 1. The van der Waals surface area contributed by atoms with Crippen LogP contribution in [0, 0.1) is 5.82 Å². The monoisotopic (exact) mass is 292 g/mol. The molecule has 0 bridgehead atoms. The number of rotatable bonds is 4. The van der Waals surface area contributed by atoms with E-state index in [1.165, 1.54) is 12.1 Å². The van der Waals surface area contributed by atoms with Crippen LogP contribution in [0.25, 0.3) is 0 Å². The number of nitrogens with two attached hydrogens (primary N) is 1. The molecule has 3 N–H and O–H groups in total. The van der Waals surface area contributed by atoms with Crippen molar-refractivity contribution in [2.45, 2.75) is 6.42 Å². The summed E-state index contributed by atoms with van der Waals surface area (Å²) in [5, 5.41) is 3.00. The number of hydrogen-bond donors (Lipinski definition) is 2. The van der Waals surface area contributed by atoms with Crippen molar-refractivity contribution in [1.29, 1.82) is 0 Å². The van der Waals surface area contributed by atoms with Crippen molar-refractivity contribution in [3.05, 3.63) is 64.4 Å². The van der Waals surface area contributed by atoms with E-state index >= 15 is 0 Å². The summed E-state index contributed by atoms with van der Waals surface area (Å²) in [6, 6.07) is 11.2. The molecule has 104 valence electrons. The summed E-state index contributed by atoms with van der Waals surface area (Å²) in [4.78, 5) is 11.9. The molecule has 2 aromatic carbocycles. The summed E-state index contributed by atoms with van der Waals surface area (Å²) in [6.45, 7) is 0.334. The lowest BCUT2D eigenvalue weighted by molar-refractivity contribution is 0.0954. The lowest BCUT2D eigenvalue weighted by atomic mass is 10.1. The summed E-state index contributed by atoms with van der Waals surface area (Å²) in [5.74, 6) is -0.571. The lowest BCUT2D eigenvalue weighted by Crippen LogP contribution is -2.26. The first-order chi connectivity index (χ1) is 9.58. The van der Waals surface area contributed by atoms with Crippen LogP contribution in [-0.2, 0) is 6.42 Å². The largest absolute Gasteiger partial charge is 0.399 e. The van der Waals surface area contributed by atoms with E-state index in [1.54, 1.807) is 30.3 Å². The Morgan fingerprint density at radius 3 is 2.70 bits per heavy atom. The van der Waals surface area contributed by atoms with Gasteiger partial charge in [0.1, 0.15) is 5.82 Å². The number of anilines is 1. The molecular weight excluding hydrogens is 279 g/mol. The van der Waals surface area contributed by atoms with Crippen molar-refractivity contribution in [3.63, 3.8) is 0 Å². The van der Waals surface area contributed by atoms with Gasteiger partial charge in [0.15, 0.2) is 0 Å². The van der Waals surface area contributed by atoms with E-state index in [0.29, 0.717) is 34.8 Å². The summed E-state index contributed by atoms with van der Waals surface area (Å²) in [7, 11) is 0. The van der Waals surface area contributed by atoms with Gasteiger partial charge >= 0.3 is 0 Å². The number of hydrogen-bond acceptors (Lipinski definition) is 2. The van der Waals surface area contributed by atoms with Crippen molar-refractivity contribution in [1.82, 2.24) is 5.32 Å². The highest BCUT2D eigenvalue weighted by Gasteiger charge is 2.10. The van der Waals surface area contributed by atoms with Crippen LogP contribution in [-0.4, -0.2) is 12.5 Å². The van der Waals surface area contributed by atoms with Gasteiger partial charge in [-0.05, 0) is 36.2 Å². The predicted molar refractivity (Wildman–Crippen MR) is 78.3 cm³/mol. The van der Waals surface area contributed by atoms with E-state index in [9.17, 15) is 9.18 Å². The van der Waals surface area contributed by atoms with E-state index in [0.717, 1.165) is 0 Å². The van der Waals surface area contributed by atoms with Gasteiger partial charge in [-0.2, -0.15) is 0 Å². The molecule has 0 atom stereocenters. The minimum Gasteiger partial charge on any atom is -0.399 e. The van der Waals surface area contributed by atoms with Gasteiger partial charge in [0.2, 0.25) is 0 Å². The van der Waals surface area contributed by atoms with Gasteiger partial charge < -0.3 is 11.1 Å². The Hall–Kier alpha value is -2.07. The van der Waals surface area contributed by atoms with Gasteiger partial charge in [-0.25, -0.2) is 4.39 Å². The molecule has 3 nitrogen and oxygen atoms in total. The average molecular weight is 293 g/mol. The van der Waals surface area contributed by atoms with Gasteiger partial charge in [0, 0.05) is 12.2 Å². The molecule has 0 aliphatic heterocycles. The smallest absolute Gasteiger partial charge is 0.252 e. The maximum Gasteiger partial charge on any atom is 0.252 e. The molecule has 0 saturated heterocycles. The third-order valence-electron chi connectivity index (χ3n) is 2.88. The molecule has 0 fully saturated rings. The van der Waals surface area contributed by atoms with Gasteiger partial charge in [-0.15, -0.1) is 0 Å². The second-order valence-electron chi connectivity index (χ2n) is 4.34. The molecule has 0 aliphatic rings. The fraction of sp³-hybridized carbons (Fsp3) is 0.133. The Labute approximate surface area is 121 Å². The van der Waals surface area contributed by atoms with Crippen molar-refractivity contribution >= 4 is 23.2 Å². The Morgan fingerprint density at radius 1 is 1.25 bits per heavy atom. The molecule has 0 aromatic heterocycles. The number of carbonyl (C=O) groups is 1. The summed E-state index contributed by atoms with van der Waals surface area (Å²) < 4.78 is 13.4. The second kappa shape index (κ2) is 6.39. The third kappa shape index (κ3) is 3.48. The Kier molecular flexibility index (Phi) is 4.58. The SMILES string of the molecule is Nc1ccc(C(=O)NCCc2ccccc2F)c(Cl)c1. The molecule has 0 saturated carbocycles.